The number of benzene rings is 1. The number of hydrogen-bond acceptors (Lipinski definition) is 5. The van der Waals surface area contributed by atoms with E-state index in [0.29, 0.717) is 13.2 Å². The number of hydrogen-bond donors (Lipinski definition) is 1. The van der Waals surface area contributed by atoms with Crippen LogP contribution in [-0.2, 0) is 24.6 Å². The summed E-state index contributed by atoms with van der Waals surface area (Å²) in [6.07, 6.45) is 0. The Morgan fingerprint density at radius 3 is 2.62 bits per heavy atom. The van der Waals surface area contributed by atoms with Crippen molar-refractivity contribution in [1.82, 2.24) is 4.98 Å². The lowest BCUT2D eigenvalue weighted by atomic mass is 10.1. The second-order valence-electron chi connectivity index (χ2n) is 5.06. The third-order valence-electron chi connectivity index (χ3n) is 3.36. The third-order valence-corrected chi connectivity index (χ3v) is 4.42. The Balaban J connectivity index is 2.13. The lowest BCUT2D eigenvalue weighted by Crippen LogP contribution is -1.99. The van der Waals surface area contributed by atoms with E-state index in [9.17, 15) is 5.11 Å². The number of methoxy groups -OCH3 is 1. The highest BCUT2D eigenvalue weighted by atomic mass is 32.1. The van der Waals surface area contributed by atoms with E-state index in [-0.39, 0.29) is 6.61 Å². The summed E-state index contributed by atoms with van der Waals surface area (Å²) < 4.78 is 11.0. The van der Waals surface area contributed by atoms with Crippen LogP contribution in [0.2, 0.25) is 0 Å². The molecule has 0 fully saturated rings. The first-order valence-corrected chi connectivity index (χ1v) is 7.64. The Morgan fingerprint density at radius 1 is 1.19 bits per heavy atom. The summed E-state index contributed by atoms with van der Waals surface area (Å²) in [4.78, 5) is 5.31. The van der Waals surface area contributed by atoms with Gasteiger partial charge in [0, 0.05) is 7.11 Å². The van der Waals surface area contributed by atoms with Crippen LogP contribution in [0.4, 0.5) is 0 Å². The number of nitrogens with zero attached hydrogens (tertiary/aromatic N) is 1. The minimum atomic E-state index is -0.0149. The molecule has 0 unspecified atom stereocenters. The molecule has 1 N–H and O–H groups in total. The van der Waals surface area contributed by atoms with Gasteiger partial charge >= 0.3 is 0 Å². The molecule has 0 bridgehead atoms. The van der Waals surface area contributed by atoms with E-state index in [0.717, 1.165) is 26.9 Å². The molecule has 0 amide bonds. The number of aryl methyl sites for hydroxylation is 2. The number of thiazole rings is 1. The largest absolute Gasteiger partial charge is 0.486 e. The van der Waals surface area contributed by atoms with Gasteiger partial charge in [-0.3, -0.25) is 0 Å². The van der Waals surface area contributed by atoms with Crippen LogP contribution in [0.15, 0.2) is 12.1 Å². The van der Waals surface area contributed by atoms with Crippen LogP contribution in [0.5, 0.6) is 5.75 Å². The van der Waals surface area contributed by atoms with Crippen LogP contribution >= 0.6 is 11.3 Å². The maximum Gasteiger partial charge on any atom is 0.140 e. The van der Waals surface area contributed by atoms with Crippen LogP contribution in [0, 0.1) is 20.8 Å². The first-order valence-electron chi connectivity index (χ1n) is 6.83. The van der Waals surface area contributed by atoms with Gasteiger partial charge in [0.05, 0.1) is 23.8 Å². The second kappa shape index (κ2) is 7.02. The van der Waals surface area contributed by atoms with Gasteiger partial charge < -0.3 is 14.6 Å². The normalized spacial score (nSPS) is 10.9. The summed E-state index contributed by atoms with van der Waals surface area (Å²) in [6, 6.07) is 4.19. The van der Waals surface area contributed by atoms with Crippen molar-refractivity contribution in [3.05, 3.63) is 44.4 Å². The fraction of sp³-hybridized carbons (Fsp3) is 0.438. The SMILES string of the molecule is COCc1nc(COc2cc(C)cc(C)c2C)sc1CO. The molecule has 0 aliphatic heterocycles. The lowest BCUT2D eigenvalue weighted by Gasteiger charge is -2.11. The van der Waals surface area contributed by atoms with Gasteiger partial charge in [-0.25, -0.2) is 4.98 Å². The van der Waals surface area contributed by atoms with Gasteiger partial charge in [-0.2, -0.15) is 0 Å². The molecule has 4 nitrogen and oxygen atoms in total. The molecule has 1 aromatic carbocycles. The lowest BCUT2D eigenvalue weighted by molar-refractivity contribution is 0.178. The van der Waals surface area contributed by atoms with Gasteiger partial charge in [-0.05, 0) is 43.5 Å². The Bertz CT molecular complexity index is 622. The zero-order valence-corrected chi connectivity index (χ0v) is 13.7. The van der Waals surface area contributed by atoms with Crippen molar-refractivity contribution in [1.29, 1.82) is 0 Å². The number of aliphatic hydroxyl groups excluding tert-OH is 1. The molecule has 1 heterocycles. The van der Waals surface area contributed by atoms with E-state index in [1.165, 1.54) is 22.5 Å². The summed E-state index contributed by atoms with van der Waals surface area (Å²) in [5.74, 6) is 0.890. The fourth-order valence-corrected chi connectivity index (χ4v) is 3.01. The van der Waals surface area contributed by atoms with Crippen LogP contribution in [-0.4, -0.2) is 17.2 Å². The smallest absolute Gasteiger partial charge is 0.140 e. The quantitative estimate of drug-likeness (QED) is 0.890. The van der Waals surface area contributed by atoms with Crippen LogP contribution in [0.25, 0.3) is 0 Å². The molecule has 0 radical (unpaired) electrons. The third kappa shape index (κ3) is 3.81. The summed E-state index contributed by atoms with van der Waals surface area (Å²) >= 11 is 1.47. The number of rotatable bonds is 6. The van der Waals surface area contributed by atoms with Gasteiger partial charge in [0.25, 0.3) is 0 Å². The fourth-order valence-electron chi connectivity index (χ4n) is 2.16. The highest BCUT2D eigenvalue weighted by Gasteiger charge is 2.12. The van der Waals surface area contributed by atoms with Gasteiger partial charge in [-0.15, -0.1) is 11.3 Å². The van der Waals surface area contributed by atoms with Gasteiger partial charge in [0.15, 0.2) is 0 Å². The minimum Gasteiger partial charge on any atom is -0.486 e. The summed E-state index contributed by atoms with van der Waals surface area (Å²) in [5, 5.41) is 10.2. The first kappa shape index (κ1) is 15.9. The molecule has 1 aromatic heterocycles. The molecular formula is C16H21NO3S. The molecule has 2 rings (SSSR count). The predicted octanol–water partition coefficient (Wildman–Crippen LogP) is 3.29. The maximum absolute atomic E-state index is 9.33. The minimum absolute atomic E-state index is 0.0149. The topological polar surface area (TPSA) is 51.6 Å². The molecule has 0 aliphatic rings. The summed E-state index contributed by atoms with van der Waals surface area (Å²) in [5.41, 5.74) is 4.35. The monoisotopic (exact) mass is 307 g/mol. The van der Waals surface area contributed by atoms with E-state index >= 15 is 0 Å². The van der Waals surface area contributed by atoms with E-state index in [2.05, 4.69) is 31.8 Å². The Labute approximate surface area is 129 Å². The highest BCUT2D eigenvalue weighted by molar-refractivity contribution is 7.11. The first-order chi connectivity index (χ1) is 10.0. The number of aromatic nitrogens is 1. The predicted molar refractivity (Wildman–Crippen MR) is 83.7 cm³/mol. The summed E-state index contributed by atoms with van der Waals surface area (Å²) in [7, 11) is 1.62. The summed E-state index contributed by atoms with van der Waals surface area (Å²) in [6.45, 7) is 7.00. The molecule has 5 heteroatoms. The van der Waals surface area contributed by atoms with Gasteiger partial charge in [-0.1, -0.05) is 6.07 Å². The molecule has 0 saturated heterocycles. The van der Waals surface area contributed by atoms with Crippen LogP contribution in [0.3, 0.4) is 0 Å². The van der Waals surface area contributed by atoms with E-state index in [1.807, 2.05) is 6.07 Å². The average molecular weight is 307 g/mol. The zero-order valence-electron chi connectivity index (χ0n) is 12.9. The molecule has 21 heavy (non-hydrogen) atoms. The van der Waals surface area contributed by atoms with Crippen LogP contribution < -0.4 is 4.74 Å². The zero-order chi connectivity index (χ0) is 15.4. The Hall–Kier alpha value is -1.43. The molecule has 0 spiro atoms. The van der Waals surface area contributed by atoms with Crippen molar-refractivity contribution < 1.29 is 14.6 Å². The van der Waals surface area contributed by atoms with Crippen molar-refractivity contribution in [2.45, 2.75) is 40.6 Å². The van der Waals surface area contributed by atoms with Crippen LogP contribution in [0.1, 0.15) is 32.3 Å². The van der Waals surface area contributed by atoms with E-state index in [4.69, 9.17) is 9.47 Å². The molecule has 0 saturated carbocycles. The molecule has 114 valence electrons. The Kier molecular flexibility index (Phi) is 5.33. The average Bonchev–Trinajstić information content (AvgIpc) is 2.84. The van der Waals surface area contributed by atoms with Crippen molar-refractivity contribution in [3.63, 3.8) is 0 Å². The molecule has 0 aliphatic carbocycles. The van der Waals surface area contributed by atoms with Gasteiger partial charge in [0.2, 0.25) is 0 Å². The van der Waals surface area contributed by atoms with E-state index in [1.54, 1.807) is 7.11 Å². The molecule has 2 aromatic rings. The Morgan fingerprint density at radius 2 is 1.95 bits per heavy atom. The van der Waals surface area contributed by atoms with Crippen molar-refractivity contribution >= 4 is 11.3 Å². The standard InChI is InChI=1S/C16H21NO3S/c1-10-5-11(2)12(3)14(6-10)20-9-16-17-13(8-19-4)15(7-18)21-16/h5-6,18H,7-9H2,1-4H3. The van der Waals surface area contributed by atoms with E-state index < -0.39 is 0 Å². The highest BCUT2D eigenvalue weighted by Crippen LogP contribution is 2.26. The second-order valence-corrected chi connectivity index (χ2v) is 6.23. The number of aliphatic hydroxyl groups is 1. The van der Waals surface area contributed by atoms with Gasteiger partial charge in [0.1, 0.15) is 17.4 Å². The molecular weight excluding hydrogens is 286 g/mol. The molecule has 0 atom stereocenters. The van der Waals surface area contributed by atoms with Crippen molar-refractivity contribution in [2.24, 2.45) is 0 Å². The number of ether oxygens (including phenoxy) is 2. The maximum atomic E-state index is 9.33. The van der Waals surface area contributed by atoms with Crippen molar-refractivity contribution in [2.75, 3.05) is 7.11 Å². The van der Waals surface area contributed by atoms with Crippen molar-refractivity contribution in [3.8, 4) is 5.75 Å².